The van der Waals surface area contributed by atoms with Crippen LogP contribution in [0.2, 0.25) is 0 Å². The molecule has 0 spiro atoms. The molecule has 1 N–H and O–H groups in total. The monoisotopic (exact) mass is 403 g/mol. The van der Waals surface area contributed by atoms with E-state index >= 15 is 0 Å². The number of amides is 1. The third-order valence-electron chi connectivity index (χ3n) is 5.23. The summed E-state index contributed by atoms with van der Waals surface area (Å²) in [6.45, 7) is 0.567. The molecule has 30 heavy (non-hydrogen) atoms. The number of methoxy groups -OCH3 is 2. The van der Waals surface area contributed by atoms with Gasteiger partial charge in [-0.2, -0.15) is 0 Å². The largest absolute Gasteiger partial charge is 0.493 e. The molecule has 0 fully saturated rings. The summed E-state index contributed by atoms with van der Waals surface area (Å²) in [6.07, 6.45) is 2.05. The van der Waals surface area contributed by atoms with E-state index in [1.165, 1.54) is 11.1 Å². The van der Waals surface area contributed by atoms with Crippen molar-refractivity contribution in [1.29, 1.82) is 0 Å². The van der Waals surface area contributed by atoms with Gasteiger partial charge in [-0.25, -0.2) is 0 Å². The van der Waals surface area contributed by atoms with Crippen LogP contribution >= 0.6 is 0 Å². The Kier molecular flexibility index (Phi) is 7.90. The van der Waals surface area contributed by atoms with Gasteiger partial charge in [-0.05, 0) is 41.7 Å². The van der Waals surface area contributed by atoms with Crippen molar-refractivity contribution in [2.45, 2.75) is 25.2 Å². The Morgan fingerprint density at radius 2 is 1.47 bits per heavy atom. The first kappa shape index (κ1) is 21.4. The van der Waals surface area contributed by atoms with Crippen molar-refractivity contribution >= 4 is 5.91 Å². The van der Waals surface area contributed by atoms with Crippen molar-refractivity contribution in [1.82, 2.24) is 5.32 Å². The van der Waals surface area contributed by atoms with Crippen molar-refractivity contribution in [2.75, 3.05) is 20.8 Å². The lowest BCUT2D eigenvalue weighted by atomic mass is 9.91. The van der Waals surface area contributed by atoms with Crippen molar-refractivity contribution < 1.29 is 14.3 Å². The van der Waals surface area contributed by atoms with Gasteiger partial charge in [0.1, 0.15) is 0 Å². The molecular formula is C26H29NO3. The molecule has 3 aromatic rings. The molecule has 0 saturated heterocycles. The van der Waals surface area contributed by atoms with Crippen LogP contribution in [-0.4, -0.2) is 26.7 Å². The van der Waals surface area contributed by atoms with Gasteiger partial charge in [-0.1, -0.05) is 66.7 Å². The summed E-state index contributed by atoms with van der Waals surface area (Å²) in [5.74, 6) is 1.60. The van der Waals surface area contributed by atoms with Gasteiger partial charge in [0, 0.05) is 18.9 Å². The van der Waals surface area contributed by atoms with Gasteiger partial charge in [0.25, 0.3) is 0 Å². The van der Waals surface area contributed by atoms with E-state index in [9.17, 15) is 4.79 Å². The molecule has 0 aliphatic rings. The Morgan fingerprint density at radius 3 is 2.10 bits per heavy atom. The van der Waals surface area contributed by atoms with Crippen LogP contribution in [0.1, 0.15) is 29.0 Å². The van der Waals surface area contributed by atoms with Crippen LogP contribution in [0.25, 0.3) is 0 Å². The SMILES string of the molecule is COc1ccc([C@H](CNC(=O)CCc2ccccc2)Cc2ccccc2)cc1OC. The summed E-state index contributed by atoms with van der Waals surface area (Å²) in [5.41, 5.74) is 3.52. The summed E-state index contributed by atoms with van der Waals surface area (Å²) in [7, 11) is 3.27. The fraction of sp³-hybridized carbons (Fsp3) is 0.269. The molecule has 4 heteroatoms. The minimum absolute atomic E-state index is 0.0670. The van der Waals surface area contributed by atoms with E-state index in [1.54, 1.807) is 14.2 Å². The van der Waals surface area contributed by atoms with E-state index in [4.69, 9.17) is 9.47 Å². The van der Waals surface area contributed by atoms with E-state index in [1.807, 2.05) is 54.6 Å². The third kappa shape index (κ3) is 6.11. The van der Waals surface area contributed by atoms with Crippen molar-refractivity contribution in [3.63, 3.8) is 0 Å². The number of hydrogen-bond acceptors (Lipinski definition) is 3. The van der Waals surface area contributed by atoms with E-state index in [0.29, 0.717) is 24.5 Å². The summed E-state index contributed by atoms with van der Waals surface area (Å²) in [4.78, 5) is 12.5. The zero-order chi connectivity index (χ0) is 21.2. The summed E-state index contributed by atoms with van der Waals surface area (Å²) < 4.78 is 10.8. The van der Waals surface area contributed by atoms with Crippen LogP contribution < -0.4 is 14.8 Å². The number of rotatable bonds is 10. The van der Waals surface area contributed by atoms with E-state index < -0.39 is 0 Å². The second-order valence-corrected chi connectivity index (χ2v) is 7.29. The maximum absolute atomic E-state index is 12.5. The second-order valence-electron chi connectivity index (χ2n) is 7.29. The average molecular weight is 404 g/mol. The lowest BCUT2D eigenvalue weighted by Gasteiger charge is -2.20. The molecule has 1 amide bonds. The Bertz CT molecular complexity index is 926. The van der Waals surface area contributed by atoms with Crippen molar-refractivity contribution in [3.05, 3.63) is 95.6 Å². The molecule has 4 nitrogen and oxygen atoms in total. The number of aryl methyl sites for hydroxylation is 1. The number of benzene rings is 3. The second kappa shape index (κ2) is 11.1. The van der Waals surface area contributed by atoms with Gasteiger partial charge in [0.2, 0.25) is 5.91 Å². The zero-order valence-electron chi connectivity index (χ0n) is 17.6. The highest BCUT2D eigenvalue weighted by Crippen LogP contribution is 2.31. The van der Waals surface area contributed by atoms with Crippen LogP contribution in [0, 0.1) is 0 Å². The number of ether oxygens (including phenoxy) is 2. The Hall–Kier alpha value is -3.27. The molecule has 0 aliphatic carbocycles. The van der Waals surface area contributed by atoms with Crippen molar-refractivity contribution in [3.8, 4) is 11.5 Å². The lowest BCUT2D eigenvalue weighted by Crippen LogP contribution is -2.29. The Labute approximate surface area is 178 Å². The molecule has 3 rings (SSSR count). The van der Waals surface area contributed by atoms with Crippen LogP contribution in [0.15, 0.2) is 78.9 Å². The van der Waals surface area contributed by atoms with Crippen LogP contribution in [-0.2, 0) is 17.6 Å². The fourth-order valence-electron chi connectivity index (χ4n) is 3.54. The normalized spacial score (nSPS) is 11.5. The molecule has 0 radical (unpaired) electrons. The molecule has 0 aliphatic heterocycles. The molecule has 156 valence electrons. The standard InChI is InChI=1S/C26H29NO3/c1-29-24-15-14-22(18-25(24)30-2)23(17-21-11-7-4-8-12-21)19-27-26(28)16-13-20-9-5-3-6-10-20/h3-12,14-15,18,23H,13,16-17,19H2,1-2H3,(H,27,28)/t23-/m0/s1. The number of hydrogen-bond donors (Lipinski definition) is 1. The quantitative estimate of drug-likeness (QED) is 0.530. The topological polar surface area (TPSA) is 47.6 Å². The molecule has 0 heterocycles. The van der Waals surface area contributed by atoms with E-state index in [0.717, 1.165) is 18.4 Å². The maximum Gasteiger partial charge on any atom is 0.220 e. The van der Waals surface area contributed by atoms with Gasteiger partial charge in [0.15, 0.2) is 11.5 Å². The maximum atomic E-state index is 12.5. The van der Waals surface area contributed by atoms with Gasteiger partial charge in [-0.15, -0.1) is 0 Å². The number of carbonyl (C=O) groups is 1. The van der Waals surface area contributed by atoms with Gasteiger partial charge >= 0.3 is 0 Å². The molecular weight excluding hydrogens is 374 g/mol. The van der Waals surface area contributed by atoms with Crippen LogP contribution in [0.4, 0.5) is 0 Å². The van der Waals surface area contributed by atoms with Crippen LogP contribution in [0.3, 0.4) is 0 Å². The summed E-state index contributed by atoms with van der Waals surface area (Å²) in [5, 5.41) is 3.13. The number of nitrogens with one attached hydrogen (secondary N) is 1. The predicted octanol–water partition coefficient (Wildman–Crippen LogP) is 4.78. The Balaban J connectivity index is 1.69. The Morgan fingerprint density at radius 1 is 0.833 bits per heavy atom. The highest BCUT2D eigenvalue weighted by molar-refractivity contribution is 5.76. The third-order valence-corrected chi connectivity index (χ3v) is 5.23. The predicted molar refractivity (Wildman–Crippen MR) is 120 cm³/mol. The van der Waals surface area contributed by atoms with Gasteiger partial charge < -0.3 is 14.8 Å². The molecule has 0 aromatic heterocycles. The first-order chi connectivity index (χ1) is 14.7. The zero-order valence-corrected chi connectivity index (χ0v) is 17.6. The first-order valence-corrected chi connectivity index (χ1v) is 10.3. The molecule has 1 atom stereocenters. The minimum Gasteiger partial charge on any atom is -0.493 e. The summed E-state index contributed by atoms with van der Waals surface area (Å²) in [6, 6.07) is 26.4. The fourth-order valence-corrected chi connectivity index (χ4v) is 3.54. The average Bonchev–Trinajstić information content (AvgIpc) is 2.81. The molecule has 0 saturated carbocycles. The first-order valence-electron chi connectivity index (χ1n) is 10.3. The number of carbonyl (C=O) groups excluding carboxylic acids is 1. The highest BCUT2D eigenvalue weighted by Gasteiger charge is 2.16. The smallest absolute Gasteiger partial charge is 0.220 e. The van der Waals surface area contributed by atoms with E-state index in [2.05, 4.69) is 29.6 Å². The lowest BCUT2D eigenvalue weighted by molar-refractivity contribution is -0.121. The van der Waals surface area contributed by atoms with Gasteiger partial charge in [-0.3, -0.25) is 4.79 Å². The molecule has 0 bridgehead atoms. The van der Waals surface area contributed by atoms with Crippen LogP contribution in [0.5, 0.6) is 11.5 Å². The molecule has 3 aromatic carbocycles. The highest BCUT2D eigenvalue weighted by atomic mass is 16.5. The van der Waals surface area contributed by atoms with E-state index in [-0.39, 0.29) is 11.8 Å². The molecule has 0 unspecified atom stereocenters. The van der Waals surface area contributed by atoms with Crippen molar-refractivity contribution in [2.24, 2.45) is 0 Å². The van der Waals surface area contributed by atoms with Gasteiger partial charge in [0.05, 0.1) is 14.2 Å². The minimum atomic E-state index is 0.0670. The summed E-state index contributed by atoms with van der Waals surface area (Å²) >= 11 is 0.